The van der Waals surface area contributed by atoms with E-state index in [0.29, 0.717) is 11.3 Å². The second-order valence-electron chi connectivity index (χ2n) is 6.14. The maximum atomic E-state index is 12.1. The molecule has 0 aliphatic heterocycles. The van der Waals surface area contributed by atoms with Crippen LogP contribution in [0.1, 0.15) is 21.6 Å². The van der Waals surface area contributed by atoms with E-state index in [1.807, 2.05) is 73.8 Å². The van der Waals surface area contributed by atoms with Gasteiger partial charge in [-0.25, -0.2) is 0 Å². The van der Waals surface area contributed by atoms with Gasteiger partial charge in [-0.2, -0.15) is 0 Å². The van der Waals surface area contributed by atoms with Crippen LogP contribution < -0.4 is 10.6 Å². The summed E-state index contributed by atoms with van der Waals surface area (Å²) in [5.41, 5.74) is 3.48. The predicted molar refractivity (Wildman–Crippen MR) is 120 cm³/mol. The number of nitrogens with zero attached hydrogens (tertiary/aromatic N) is 1. The molecule has 146 valence electrons. The van der Waals surface area contributed by atoms with Crippen molar-refractivity contribution in [3.63, 3.8) is 0 Å². The van der Waals surface area contributed by atoms with E-state index in [2.05, 4.69) is 15.6 Å². The average Bonchev–Trinajstić information content (AvgIpc) is 2.78. The van der Waals surface area contributed by atoms with Gasteiger partial charge in [0.05, 0.1) is 17.0 Å². The lowest BCUT2D eigenvalue weighted by atomic mass is 10.1. The lowest BCUT2D eigenvalue weighted by molar-refractivity contribution is 0.0960. The number of carbonyl (C=O) groups is 1. The fourth-order valence-electron chi connectivity index (χ4n) is 2.77. The minimum absolute atomic E-state index is 0.111. The zero-order valence-corrected chi connectivity index (χ0v) is 17.1. The maximum Gasteiger partial charge on any atom is 0.252 e. The molecule has 2 aromatic carbocycles. The summed E-state index contributed by atoms with van der Waals surface area (Å²) in [5, 5.41) is 14.3. The molecule has 0 fully saturated rings. The van der Waals surface area contributed by atoms with Crippen LogP contribution in [0.4, 0.5) is 5.69 Å². The van der Waals surface area contributed by atoms with Gasteiger partial charge in [0.25, 0.3) is 5.91 Å². The molecule has 3 aromatic rings. The lowest BCUT2D eigenvalue weighted by Gasteiger charge is -2.12. The van der Waals surface area contributed by atoms with Gasteiger partial charge >= 0.3 is 0 Å². The summed E-state index contributed by atoms with van der Waals surface area (Å²) in [6.45, 7) is 0. The van der Waals surface area contributed by atoms with Crippen molar-refractivity contribution in [2.45, 2.75) is 9.79 Å². The van der Waals surface area contributed by atoms with Crippen LogP contribution in [0.2, 0.25) is 0 Å². The van der Waals surface area contributed by atoms with E-state index >= 15 is 0 Å². The molecule has 5 nitrogen and oxygen atoms in total. The number of aromatic nitrogens is 1. The number of nitrogens with one attached hydrogen (secondary N) is 3. The molecule has 0 saturated carbocycles. The number of anilines is 1. The van der Waals surface area contributed by atoms with Crippen LogP contribution in [-0.4, -0.2) is 30.7 Å². The number of carbonyl (C=O) groups excluding carboxylic acids is 1. The minimum Gasteiger partial charge on any atom is -0.388 e. The summed E-state index contributed by atoms with van der Waals surface area (Å²) in [7, 11) is 3.46. The molecule has 0 unspecified atom stereocenters. The van der Waals surface area contributed by atoms with Gasteiger partial charge in [0.15, 0.2) is 0 Å². The Bertz CT molecular complexity index is 1050. The quantitative estimate of drug-likeness (QED) is 0.500. The SMILES string of the molecule is CNC(=O)c1ccccc1Sc1ccc(C(=N)/C=C/c2ccccn2)c(NC)c1. The van der Waals surface area contributed by atoms with Gasteiger partial charge in [-0.1, -0.05) is 30.0 Å². The normalized spacial score (nSPS) is 10.7. The standard InChI is InChI=1S/C23H22N4OS/c1-25-21-15-17(29-22-9-4-3-8-19(22)23(28)26-2)11-12-18(21)20(24)13-10-16-7-5-6-14-27-16/h3-15,24-25H,1-2H3,(H,26,28)/b13-10+,24-20?. The van der Waals surface area contributed by atoms with Crippen LogP contribution in [0.15, 0.2) is 82.7 Å². The molecule has 29 heavy (non-hydrogen) atoms. The Balaban J connectivity index is 1.83. The molecule has 0 bridgehead atoms. The van der Waals surface area contributed by atoms with Gasteiger partial charge in [0.2, 0.25) is 0 Å². The first-order valence-electron chi connectivity index (χ1n) is 9.11. The zero-order valence-electron chi connectivity index (χ0n) is 16.3. The molecule has 0 aliphatic carbocycles. The van der Waals surface area contributed by atoms with Gasteiger partial charge in [-0.15, -0.1) is 0 Å². The van der Waals surface area contributed by atoms with E-state index in [9.17, 15) is 4.79 Å². The van der Waals surface area contributed by atoms with Crippen molar-refractivity contribution in [1.29, 1.82) is 5.41 Å². The van der Waals surface area contributed by atoms with E-state index < -0.39 is 0 Å². The van der Waals surface area contributed by atoms with Crippen LogP contribution in [0.5, 0.6) is 0 Å². The summed E-state index contributed by atoms with van der Waals surface area (Å²) in [6.07, 6.45) is 5.29. The van der Waals surface area contributed by atoms with Crippen molar-refractivity contribution < 1.29 is 4.79 Å². The highest BCUT2D eigenvalue weighted by Gasteiger charge is 2.12. The van der Waals surface area contributed by atoms with E-state index in [-0.39, 0.29) is 5.91 Å². The van der Waals surface area contributed by atoms with Gasteiger partial charge in [-0.3, -0.25) is 9.78 Å². The Hall–Kier alpha value is -3.38. The molecule has 6 heteroatoms. The van der Waals surface area contributed by atoms with Crippen molar-refractivity contribution in [2.24, 2.45) is 0 Å². The highest BCUT2D eigenvalue weighted by Crippen LogP contribution is 2.33. The molecular formula is C23H22N4OS. The molecule has 1 amide bonds. The number of pyridine rings is 1. The summed E-state index contributed by atoms with van der Waals surface area (Å²) in [5.74, 6) is -0.111. The summed E-state index contributed by atoms with van der Waals surface area (Å²) < 4.78 is 0. The number of amides is 1. The van der Waals surface area contributed by atoms with Crippen LogP contribution in [-0.2, 0) is 0 Å². The number of hydrogen-bond donors (Lipinski definition) is 3. The fraction of sp³-hybridized carbons (Fsp3) is 0.0870. The van der Waals surface area contributed by atoms with Crippen molar-refractivity contribution in [2.75, 3.05) is 19.4 Å². The first-order valence-corrected chi connectivity index (χ1v) is 9.93. The molecule has 0 radical (unpaired) electrons. The number of hydrogen-bond acceptors (Lipinski definition) is 5. The third-order valence-corrected chi connectivity index (χ3v) is 5.31. The number of allylic oxidation sites excluding steroid dienone is 1. The Morgan fingerprint density at radius 2 is 1.83 bits per heavy atom. The van der Waals surface area contributed by atoms with Crippen molar-refractivity contribution in [1.82, 2.24) is 10.3 Å². The first-order chi connectivity index (χ1) is 14.1. The molecule has 3 N–H and O–H groups in total. The van der Waals surface area contributed by atoms with Gasteiger partial charge in [0, 0.05) is 41.3 Å². The van der Waals surface area contributed by atoms with E-state index in [4.69, 9.17) is 5.41 Å². The Morgan fingerprint density at radius 3 is 2.55 bits per heavy atom. The van der Waals surface area contributed by atoms with Crippen molar-refractivity contribution >= 4 is 35.1 Å². The van der Waals surface area contributed by atoms with Crippen molar-refractivity contribution in [3.05, 3.63) is 89.8 Å². The van der Waals surface area contributed by atoms with Crippen LogP contribution in [0.25, 0.3) is 6.08 Å². The largest absolute Gasteiger partial charge is 0.388 e. The topological polar surface area (TPSA) is 77.9 Å². The molecule has 0 spiro atoms. The Labute approximate surface area is 174 Å². The third-order valence-electron chi connectivity index (χ3n) is 4.25. The predicted octanol–water partition coefficient (Wildman–Crippen LogP) is 4.72. The smallest absolute Gasteiger partial charge is 0.252 e. The molecule has 0 saturated heterocycles. The van der Waals surface area contributed by atoms with E-state index in [1.54, 1.807) is 19.3 Å². The third kappa shape index (κ3) is 5.12. The average molecular weight is 403 g/mol. The summed E-state index contributed by atoms with van der Waals surface area (Å²) >= 11 is 1.52. The highest BCUT2D eigenvalue weighted by atomic mass is 32.2. The second kappa shape index (κ2) is 9.71. The Morgan fingerprint density at radius 1 is 1.03 bits per heavy atom. The molecule has 1 heterocycles. The highest BCUT2D eigenvalue weighted by molar-refractivity contribution is 7.99. The van der Waals surface area contributed by atoms with Crippen LogP contribution in [0, 0.1) is 5.41 Å². The summed E-state index contributed by atoms with van der Waals surface area (Å²) in [6, 6.07) is 19.1. The number of benzene rings is 2. The molecule has 0 atom stereocenters. The maximum absolute atomic E-state index is 12.1. The lowest BCUT2D eigenvalue weighted by Crippen LogP contribution is -2.18. The first kappa shape index (κ1) is 20.4. The number of rotatable bonds is 7. The van der Waals surface area contributed by atoms with Gasteiger partial charge in [-0.05, 0) is 54.6 Å². The molecule has 1 aromatic heterocycles. The van der Waals surface area contributed by atoms with E-state index in [0.717, 1.165) is 26.7 Å². The van der Waals surface area contributed by atoms with Crippen LogP contribution in [0.3, 0.4) is 0 Å². The molecule has 3 rings (SSSR count). The second-order valence-corrected chi connectivity index (χ2v) is 7.25. The van der Waals surface area contributed by atoms with E-state index in [1.165, 1.54) is 11.8 Å². The van der Waals surface area contributed by atoms with Crippen molar-refractivity contribution in [3.8, 4) is 0 Å². The Kier molecular flexibility index (Phi) is 6.81. The monoisotopic (exact) mass is 402 g/mol. The van der Waals surface area contributed by atoms with Crippen LogP contribution >= 0.6 is 11.8 Å². The van der Waals surface area contributed by atoms with Gasteiger partial charge < -0.3 is 16.0 Å². The minimum atomic E-state index is -0.111. The zero-order chi connectivity index (χ0) is 20.6. The summed E-state index contributed by atoms with van der Waals surface area (Å²) in [4.78, 5) is 18.2. The molecule has 0 aliphatic rings. The molecular weight excluding hydrogens is 380 g/mol. The van der Waals surface area contributed by atoms with Gasteiger partial charge in [0.1, 0.15) is 0 Å². The fourth-order valence-corrected chi connectivity index (χ4v) is 3.75.